The molecule has 1 fully saturated rings. The maximum Gasteiger partial charge on any atom is 0.407 e. The van der Waals surface area contributed by atoms with Crippen molar-refractivity contribution < 1.29 is 37.8 Å². The summed E-state index contributed by atoms with van der Waals surface area (Å²) < 4.78 is 32.4. The Bertz CT molecular complexity index is 1030. The Morgan fingerprint density at radius 3 is 2.69 bits per heavy atom. The number of anilines is 1. The van der Waals surface area contributed by atoms with Crippen molar-refractivity contribution in [1.29, 1.82) is 0 Å². The average molecular weight is 516 g/mol. The lowest BCUT2D eigenvalue weighted by molar-refractivity contribution is 0.0593. The van der Waals surface area contributed by atoms with Gasteiger partial charge in [-0.2, -0.15) is 10.2 Å². The van der Waals surface area contributed by atoms with Gasteiger partial charge in [0.05, 0.1) is 18.0 Å². The molecular weight excluding hydrogens is 486 g/mol. The van der Waals surface area contributed by atoms with Gasteiger partial charge in [0.2, 0.25) is 0 Å². The summed E-state index contributed by atoms with van der Waals surface area (Å²) in [6.45, 7) is 3.41. The Hall–Kier alpha value is -2.64. The van der Waals surface area contributed by atoms with Crippen molar-refractivity contribution in [3.8, 4) is 0 Å². The number of hydrogen-bond donors (Lipinski definition) is 4. The van der Waals surface area contributed by atoms with Crippen LogP contribution < -0.4 is 10.6 Å². The van der Waals surface area contributed by atoms with Crippen molar-refractivity contribution in [1.82, 2.24) is 24.9 Å². The first-order chi connectivity index (χ1) is 16.6. The van der Waals surface area contributed by atoms with Gasteiger partial charge in [-0.15, -0.1) is 0 Å². The second-order valence-corrected chi connectivity index (χ2v) is 9.19. The number of carbonyl (C=O) groups excluding carboxylic acids is 2. The molecule has 2 aromatic heterocycles. The largest absolute Gasteiger partial charge is 0.443 e. The molecule has 0 radical (unpaired) electrons. The lowest BCUT2D eigenvalue weighted by Crippen LogP contribution is -2.35. The number of hydrogen-bond acceptors (Lipinski definition) is 9. The monoisotopic (exact) mass is 516 g/mol. The van der Waals surface area contributed by atoms with Gasteiger partial charge in [0.15, 0.2) is 0 Å². The van der Waals surface area contributed by atoms with E-state index in [2.05, 4.69) is 20.8 Å². The second kappa shape index (κ2) is 11.9. The molecule has 35 heavy (non-hydrogen) atoms. The highest BCUT2D eigenvalue weighted by Crippen LogP contribution is 2.38. The smallest absolute Gasteiger partial charge is 0.407 e. The number of rotatable bonds is 10. The number of amides is 2. The number of alkyl halides is 1. The summed E-state index contributed by atoms with van der Waals surface area (Å²) in [5, 5.41) is 13.8. The molecule has 3 rings (SSSR count). The summed E-state index contributed by atoms with van der Waals surface area (Å²) in [6.07, 6.45) is -2.74. The molecule has 0 aliphatic heterocycles. The van der Waals surface area contributed by atoms with Crippen LogP contribution in [0.25, 0.3) is 0 Å². The lowest BCUT2D eigenvalue weighted by atomic mass is 10.0. The molecule has 3 unspecified atom stereocenters. The van der Waals surface area contributed by atoms with Crippen LogP contribution in [0.4, 0.5) is 15.0 Å². The van der Waals surface area contributed by atoms with Gasteiger partial charge in [0.1, 0.15) is 30.5 Å². The fraction of sp³-hybridized carbons (Fsp3) is 0.600. The van der Waals surface area contributed by atoms with Crippen LogP contribution in [0.3, 0.4) is 0 Å². The summed E-state index contributed by atoms with van der Waals surface area (Å²) in [7, 11) is 0.462. The van der Waals surface area contributed by atoms with Crippen molar-refractivity contribution in [2.24, 2.45) is 7.05 Å². The molecule has 0 aromatic carbocycles. The number of aromatic nitrogens is 4. The third kappa shape index (κ3) is 7.18. The third-order valence-corrected chi connectivity index (χ3v) is 5.65. The number of carbonyl (C=O) groups is 2. The summed E-state index contributed by atoms with van der Waals surface area (Å²) >= 11 is 0. The van der Waals surface area contributed by atoms with Crippen LogP contribution in [0, 0.1) is 0 Å². The van der Waals surface area contributed by atoms with Crippen LogP contribution in [-0.4, -0.2) is 66.8 Å². The van der Waals surface area contributed by atoms with Crippen molar-refractivity contribution >= 4 is 26.4 Å². The van der Waals surface area contributed by atoms with Gasteiger partial charge >= 0.3 is 14.7 Å². The van der Waals surface area contributed by atoms with Gasteiger partial charge in [-0.3, -0.25) is 14.0 Å². The summed E-state index contributed by atoms with van der Waals surface area (Å²) in [5.74, 6) is -0.686. The fourth-order valence-electron chi connectivity index (χ4n) is 3.80. The number of alkyl carbamates (subject to hydrolysis) is 1. The zero-order valence-corrected chi connectivity index (χ0v) is 20.7. The molecule has 0 bridgehead atoms. The van der Waals surface area contributed by atoms with E-state index in [1.165, 1.54) is 16.5 Å². The average Bonchev–Trinajstić information content (AvgIpc) is 3.43. The predicted molar refractivity (Wildman–Crippen MR) is 122 cm³/mol. The van der Waals surface area contributed by atoms with Crippen molar-refractivity contribution in [2.75, 3.05) is 12.4 Å². The lowest BCUT2D eigenvalue weighted by Gasteiger charge is -2.16. The molecule has 0 saturated heterocycles. The SMILES string of the molecule is COCc1cc(C(=O)Nc2cc(C3CC(F)C(OC(=O)NC(C)C)C3)nn2COP(O)O)n(C)n1. The first-order valence-electron chi connectivity index (χ1n) is 10.9. The highest BCUT2D eigenvalue weighted by Gasteiger charge is 2.39. The maximum atomic E-state index is 14.6. The van der Waals surface area contributed by atoms with E-state index in [4.69, 9.17) is 23.8 Å². The van der Waals surface area contributed by atoms with Crippen LogP contribution in [0.1, 0.15) is 54.5 Å². The molecule has 4 N–H and O–H groups in total. The van der Waals surface area contributed by atoms with Crippen LogP contribution in [-0.2, 0) is 34.4 Å². The zero-order chi connectivity index (χ0) is 25.7. The maximum absolute atomic E-state index is 14.6. The van der Waals surface area contributed by atoms with Gasteiger partial charge in [0.25, 0.3) is 5.91 Å². The first-order valence-corrected chi connectivity index (χ1v) is 12.1. The van der Waals surface area contributed by atoms with Crippen LogP contribution >= 0.6 is 8.60 Å². The van der Waals surface area contributed by atoms with Crippen LogP contribution in [0.15, 0.2) is 12.1 Å². The Morgan fingerprint density at radius 2 is 2.03 bits per heavy atom. The van der Waals surface area contributed by atoms with Crippen LogP contribution in [0.2, 0.25) is 0 Å². The van der Waals surface area contributed by atoms with E-state index in [1.54, 1.807) is 33.0 Å². The Balaban J connectivity index is 1.76. The highest BCUT2D eigenvalue weighted by atomic mass is 31.2. The zero-order valence-electron chi connectivity index (χ0n) is 19.8. The quantitative estimate of drug-likeness (QED) is 0.346. The minimum Gasteiger partial charge on any atom is -0.443 e. The molecule has 1 aliphatic rings. The van der Waals surface area contributed by atoms with E-state index in [9.17, 15) is 14.0 Å². The van der Waals surface area contributed by atoms with Crippen molar-refractivity contribution in [2.45, 2.75) is 64.3 Å². The molecule has 2 heterocycles. The normalized spacial score (nSPS) is 20.0. The molecule has 194 valence electrons. The summed E-state index contributed by atoms with van der Waals surface area (Å²) in [4.78, 5) is 43.0. The summed E-state index contributed by atoms with van der Waals surface area (Å²) in [5.41, 5.74) is 1.26. The number of ether oxygens (including phenoxy) is 2. The first kappa shape index (κ1) is 27.0. The molecular formula is C20H30FN6O7P. The van der Waals surface area contributed by atoms with E-state index in [-0.39, 0.29) is 43.7 Å². The van der Waals surface area contributed by atoms with Gasteiger partial charge in [-0.25, -0.2) is 13.9 Å². The number of methoxy groups -OCH3 is 1. The number of halogens is 1. The second-order valence-electron chi connectivity index (χ2n) is 8.42. The third-order valence-electron chi connectivity index (χ3n) is 5.30. The van der Waals surface area contributed by atoms with Crippen molar-refractivity contribution in [3.63, 3.8) is 0 Å². The standard InChI is InChI=1S/C20H30FN6O7P/c1-11(2)22-20(29)34-17-6-12(5-14(17)21)15-8-18(27(25-15)10-33-35(30)31)23-19(28)16-7-13(9-32-4)24-26(16)3/h7-8,11-12,14,17,30-31H,5-6,9-10H2,1-4H3,(H,22,29)(H,23,28). The van der Waals surface area contributed by atoms with Gasteiger partial charge < -0.3 is 29.9 Å². The van der Waals surface area contributed by atoms with Gasteiger partial charge in [-0.1, -0.05) is 0 Å². The predicted octanol–water partition coefficient (Wildman–Crippen LogP) is 1.92. The number of nitrogens with one attached hydrogen (secondary N) is 2. The van der Waals surface area contributed by atoms with E-state index >= 15 is 0 Å². The van der Waals surface area contributed by atoms with Crippen molar-refractivity contribution in [3.05, 3.63) is 29.2 Å². The van der Waals surface area contributed by atoms with Gasteiger partial charge in [-0.05, 0) is 32.8 Å². The van der Waals surface area contributed by atoms with Gasteiger partial charge in [0, 0.05) is 32.2 Å². The molecule has 2 aromatic rings. The van der Waals surface area contributed by atoms with E-state index in [0.717, 1.165) is 0 Å². The molecule has 0 spiro atoms. The minimum atomic E-state index is -2.67. The molecule has 1 aliphatic carbocycles. The van der Waals surface area contributed by atoms with E-state index in [0.29, 0.717) is 11.4 Å². The summed E-state index contributed by atoms with van der Waals surface area (Å²) in [6, 6.07) is 2.98. The molecule has 15 heteroatoms. The Morgan fingerprint density at radius 1 is 1.29 bits per heavy atom. The van der Waals surface area contributed by atoms with E-state index in [1.807, 2.05) is 0 Å². The number of nitrogens with zero attached hydrogens (tertiary/aromatic N) is 4. The Labute approximate surface area is 202 Å². The molecule has 2 amide bonds. The Kier molecular flexibility index (Phi) is 9.14. The fourth-order valence-corrected chi connectivity index (χ4v) is 4.01. The molecule has 3 atom stereocenters. The molecule has 13 nitrogen and oxygen atoms in total. The topological polar surface area (TPSA) is 162 Å². The highest BCUT2D eigenvalue weighted by molar-refractivity contribution is 7.39. The van der Waals surface area contributed by atoms with Crippen LogP contribution in [0.5, 0.6) is 0 Å². The molecule has 1 saturated carbocycles. The van der Waals surface area contributed by atoms with E-state index < -0.39 is 38.8 Å². The minimum absolute atomic E-state index is 0.0691. The number of aryl methyl sites for hydroxylation is 1.